The second-order valence-electron chi connectivity index (χ2n) is 14.1. The van der Waals surface area contributed by atoms with Crippen molar-refractivity contribution in [2.24, 2.45) is 0 Å². The van der Waals surface area contributed by atoms with Crippen molar-refractivity contribution in [1.82, 2.24) is 0 Å². The van der Waals surface area contributed by atoms with E-state index >= 15 is 0 Å². The molecule has 11 rings (SSSR count). The van der Waals surface area contributed by atoms with Gasteiger partial charge >= 0.3 is 0 Å². The zero-order valence-electron chi connectivity index (χ0n) is 28.9. The van der Waals surface area contributed by atoms with Gasteiger partial charge in [-0.2, -0.15) is 0 Å². The summed E-state index contributed by atoms with van der Waals surface area (Å²) >= 11 is 0. The van der Waals surface area contributed by atoms with E-state index < -0.39 is 5.41 Å². The Hall–Kier alpha value is -6.90. The quantitative estimate of drug-likeness (QED) is 0.185. The molecular formula is C51H33NO. The molecule has 0 bridgehead atoms. The SMILES string of the molecule is C1=Cc2ccccc2C2(c3ccccc31)c1ccccc1-c1ccc(N(c3ccc(-c4ccccc4)cc3)c3ccc4c(c3)oc3ccccc34)cc12. The van der Waals surface area contributed by atoms with Gasteiger partial charge in [-0.1, -0.05) is 152 Å². The number of rotatable bonds is 4. The summed E-state index contributed by atoms with van der Waals surface area (Å²) in [6, 6.07) is 68.4. The van der Waals surface area contributed by atoms with Crippen LogP contribution in [0.25, 0.3) is 56.3 Å². The summed E-state index contributed by atoms with van der Waals surface area (Å²) in [4.78, 5) is 2.38. The highest BCUT2D eigenvalue weighted by Gasteiger charge is 2.48. The lowest BCUT2D eigenvalue weighted by Crippen LogP contribution is -2.30. The largest absolute Gasteiger partial charge is 0.456 e. The topological polar surface area (TPSA) is 16.4 Å². The molecule has 0 saturated carbocycles. The zero-order chi connectivity index (χ0) is 34.9. The number of furan rings is 1. The Bertz CT molecular complexity index is 2850. The molecule has 2 aliphatic rings. The number of hydrogen-bond acceptors (Lipinski definition) is 2. The van der Waals surface area contributed by atoms with Gasteiger partial charge in [0, 0.05) is 33.9 Å². The monoisotopic (exact) mass is 675 g/mol. The molecule has 0 N–H and O–H groups in total. The van der Waals surface area contributed by atoms with Crippen LogP contribution in [0.4, 0.5) is 17.1 Å². The number of anilines is 3. The zero-order valence-corrected chi connectivity index (χ0v) is 28.9. The number of nitrogens with zero attached hydrogens (tertiary/aromatic N) is 1. The van der Waals surface area contributed by atoms with Crippen LogP contribution in [0.3, 0.4) is 0 Å². The number of fused-ring (bicyclic) bond motifs is 12. The third-order valence-corrected chi connectivity index (χ3v) is 11.3. The van der Waals surface area contributed by atoms with E-state index in [-0.39, 0.29) is 0 Å². The highest BCUT2D eigenvalue weighted by molar-refractivity contribution is 6.06. The molecule has 0 atom stereocenters. The van der Waals surface area contributed by atoms with Crippen LogP contribution in [-0.2, 0) is 5.41 Å². The summed E-state index contributed by atoms with van der Waals surface area (Å²) in [5.41, 5.74) is 17.1. The predicted molar refractivity (Wildman–Crippen MR) is 220 cm³/mol. The Morgan fingerprint density at radius 3 is 1.68 bits per heavy atom. The van der Waals surface area contributed by atoms with Crippen LogP contribution >= 0.6 is 0 Å². The lowest BCUT2D eigenvalue weighted by molar-refractivity contribution is 0.669. The van der Waals surface area contributed by atoms with Crippen molar-refractivity contribution >= 4 is 51.2 Å². The van der Waals surface area contributed by atoms with E-state index in [1.54, 1.807) is 0 Å². The van der Waals surface area contributed by atoms with E-state index in [1.165, 1.54) is 55.6 Å². The molecule has 1 spiro atoms. The summed E-state index contributed by atoms with van der Waals surface area (Å²) < 4.78 is 6.46. The van der Waals surface area contributed by atoms with Gasteiger partial charge < -0.3 is 9.32 Å². The summed E-state index contributed by atoms with van der Waals surface area (Å²) in [7, 11) is 0. The first-order valence-electron chi connectivity index (χ1n) is 18.3. The highest BCUT2D eigenvalue weighted by Crippen LogP contribution is 2.59. The molecule has 248 valence electrons. The minimum absolute atomic E-state index is 0.510. The van der Waals surface area contributed by atoms with Gasteiger partial charge in [0.05, 0.1) is 5.41 Å². The van der Waals surface area contributed by atoms with Crippen molar-refractivity contribution < 1.29 is 4.42 Å². The maximum Gasteiger partial charge on any atom is 0.137 e. The lowest BCUT2D eigenvalue weighted by Gasteiger charge is -2.36. The van der Waals surface area contributed by atoms with Crippen LogP contribution in [-0.4, -0.2) is 0 Å². The minimum Gasteiger partial charge on any atom is -0.456 e. The molecule has 9 aromatic rings. The fourth-order valence-corrected chi connectivity index (χ4v) is 9.01. The molecule has 0 aliphatic heterocycles. The molecule has 0 radical (unpaired) electrons. The van der Waals surface area contributed by atoms with Gasteiger partial charge in [0.25, 0.3) is 0 Å². The van der Waals surface area contributed by atoms with Gasteiger partial charge in [0.15, 0.2) is 0 Å². The Morgan fingerprint density at radius 1 is 0.358 bits per heavy atom. The van der Waals surface area contributed by atoms with E-state index in [2.05, 4.69) is 193 Å². The molecule has 2 aliphatic carbocycles. The summed E-state index contributed by atoms with van der Waals surface area (Å²) in [6.07, 6.45) is 4.58. The summed E-state index contributed by atoms with van der Waals surface area (Å²) in [5.74, 6) is 0. The van der Waals surface area contributed by atoms with E-state index in [0.29, 0.717) is 0 Å². The van der Waals surface area contributed by atoms with Gasteiger partial charge in [-0.3, -0.25) is 0 Å². The van der Waals surface area contributed by atoms with Gasteiger partial charge in [0.1, 0.15) is 11.2 Å². The molecule has 1 aromatic heterocycles. The first-order valence-corrected chi connectivity index (χ1v) is 18.3. The fourth-order valence-electron chi connectivity index (χ4n) is 9.01. The highest BCUT2D eigenvalue weighted by atomic mass is 16.3. The van der Waals surface area contributed by atoms with Gasteiger partial charge in [-0.05, 0) is 98.1 Å². The Morgan fingerprint density at radius 2 is 0.906 bits per heavy atom. The molecule has 1 heterocycles. The van der Waals surface area contributed by atoms with Crippen molar-refractivity contribution in [2.45, 2.75) is 5.41 Å². The molecule has 0 unspecified atom stereocenters. The second-order valence-corrected chi connectivity index (χ2v) is 14.1. The molecule has 2 nitrogen and oxygen atoms in total. The normalized spacial score (nSPS) is 13.4. The van der Waals surface area contributed by atoms with E-state index in [9.17, 15) is 0 Å². The van der Waals surface area contributed by atoms with E-state index in [1.807, 2.05) is 12.1 Å². The van der Waals surface area contributed by atoms with Crippen molar-refractivity contribution in [3.63, 3.8) is 0 Å². The van der Waals surface area contributed by atoms with Gasteiger partial charge in [-0.15, -0.1) is 0 Å². The number of hydrogen-bond donors (Lipinski definition) is 0. The van der Waals surface area contributed by atoms with Crippen molar-refractivity contribution in [1.29, 1.82) is 0 Å². The first kappa shape index (κ1) is 29.8. The van der Waals surface area contributed by atoms with Gasteiger partial charge in [-0.25, -0.2) is 0 Å². The minimum atomic E-state index is -0.510. The van der Waals surface area contributed by atoms with Crippen LogP contribution in [0.1, 0.15) is 33.4 Å². The molecule has 0 amide bonds. The second kappa shape index (κ2) is 11.6. The van der Waals surface area contributed by atoms with E-state index in [0.717, 1.165) is 39.0 Å². The molecule has 53 heavy (non-hydrogen) atoms. The maximum atomic E-state index is 6.46. The molecule has 2 heteroatoms. The Labute approximate surface area is 308 Å². The van der Waals surface area contributed by atoms with Crippen LogP contribution in [0.15, 0.2) is 192 Å². The average molecular weight is 676 g/mol. The van der Waals surface area contributed by atoms with Crippen molar-refractivity contribution in [2.75, 3.05) is 4.90 Å². The fraction of sp³-hybridized carbons (Fsp3) is 0.0196. The lowest BCUT2D eigenvalue weighted by atomic mass is 9.66. The third kappa shape index (κ3) is 4.39. The first-order chi connectivity index (χ1) is 26.3. The number of para-hydroxylation sites is 1. The molecule has 8 aromatic carbocycles. The molecular weight excluding hydrogens is 643 g/mol. The predicted octanol–water partition coefficient (Wildman–Crippen LogP) is 13.6. The summed E-state index contributed by atoms with van der Waals surface area (Å²) in [6.45, 7) is 0. The molecule has 0 fully saturated rings. The Kier molecular flexibility index (Phi) is 6.50. The van der Waals surface area contributed by atoms with E-state index in [4.69, 9.17) is 4.42 Å². The molecule has 0 saturated heterocycles. The van der Waals surface area contributed by atoms with Crippen LogP contribution in [0, 0.1) is 0 Å². The number of benzene rings is 8. The Balaban J connectivity index is 1.17. The van der Waals surface area contributed by atoms with Crippen molar-refractivity contribution in [3.05, 3.63) is 221 Å². The third-order valence-electron chi connectivity index (χ3n) is 11.3. The van der Waals surface area contributed by atoms with Crippen LogP contribution < -0.4 is 4.90 Å². The summed E-state index contributed by atoms with van der Waals surface area (Å²) in [5, 5.41) is 2.25. The van der Waals surface area contributed by atoms with Crippen LogP contribution in [0.5, 0.6) is 0 Å². The maximum absolute atomic E-state index is 6.46. The standard InChI is InChI=1S/C51H33NO/c1-2-12-34(13-3-1)35-24-26-38(27-25-35)52(40-29-31-44-43-17-7-11-21-49(43)53-50(44)33-40)39-28-30-42-41-16-6-10-20-47(41)51(48(42)32-39)45-18-8-4-14-36(45)22-23-37-15-5-9-19-46(37)51/h1-33H. The van der Waals surface area contributed by atoms with Gasteiger partial charge in [0.2, 0.25) is 0 Å². The van der Waals surface area contributed by atoms with Crippen LogP contribution in [0.2, 0.25) is 0 Å². The van der Waals surface area contributed by atoms with Crippen molar-refractivity contribution in [3.8, 4) is 22.3 Å². The smallest absolute Gasteiger partial charge is 0.137 e. The average Bonchev–Trinajstić information content (AvgIpc) is 3.69.